The van der Waals surface area contributed by atoms with Crippen molar-refractivity contribution < 1.29 is 9.53 Å². The van der Waals surface area contributed by atoms with Gasteiger partial charge in [0.1, 0.15) is 0 Å². The van der Waals surface area contributed by atoms with Crippen LogP contribution in [0.3, 0.4) is 0 Å². The number of carbonyl (C=O) groups is 1. The highest BCUT2D eigenvalue weighted by molar-refractivity contribution is 7.10. The lowest BCUT2D eigenvalue weighted by Crippen LogP contribution is -2.48. The van der Waals surface area contributed by atoms with E-state index in [9.17, 15) is 4.79 Å². The van der Waals surface area contributed by atoms with Gasteiger partial charge in [-0.25, -0.2) is 0 Å². The van der Waals surface area contributed by atoms with Gasteiger partial charge in [0.05, 0.1) is 18.6 Å². The summed E-state index contributed by atoms with van der Waals surface area (Å²) in [6.07, 6.45) is 0.823. The lowest BCUT2D eigenvalue weighted by molar-refractivity contribution is -0.142. The molecule has 1 aromatic rings. The molecule has 0 spiro atoms. The van der Waals surface area contributed by atoms with Crippen LogP contribution >= 0.6 is 11.3 Å². The van der Waals surface area contributed by atoms with Gasteiger partial charge in [0, 0.05) is 18.0 Å². The van der Waals surface area contributed by atoms with E-state index in [-0.39, 0.29) is 18.1 Å². The first-order valence-electron chi connectivity index (χ1n) is 5.61. The standard InChI is InChI=1S/C12H17NO2S/c1-9-7-13(8-10(2)15-9)12(14)6-11-4-3-5-16-11/h3-5,9-10H,6-8H2,1-2H3/t9-,10+. The number of amides is 1. The Balaban J connectivity index is 1.94. The molecular weight excluding hydrogens is 222 g/mol. The lowest BCUT2D eigenvalue weighted by Gasteiger charge is -2.35. The number of carbonyl (C=O) groups excluding carboxylic acids is 1. The van der Waals surface area contributed by atoms with E-state index < -0.39 is 0 Å². The second-order valence-electron chi connectivity index (χ2n) is 4.31. The fourth-order valence-electron chi connectivity index (χ4n) is 2.06. The number of ether oxygens (including phenoxy) is 1. The minimum absolute atomic E-state index is 0.149. The smallest absolute Gasteiger partial charge is 0.228 e. The maximum absolute atomic E-state index is 12.0. The summed E-state index contributed by atoms with van der Waals surface area (Å²) in [7, 11) is 0. The summed E-state index contributed by atoms with van der Waals surface area (Å²) in [4.78, 5) is 15.1. The Hall–Kier alpha value is -0.870. The van der Waals surface area contributed by atoms with Gasteiger partial charge in [-0.3, -0.25) is 4.79 Å². The van der Waals surface area contributed by atoms with E-state index >= 15 is 0 Å². The Morgan fingerprint density at radius 2 is 2.19 bits per heavy atom. The van der Waals surface area contributed by atoms with Gasteiger partial charge in [-0.1, -0.05) is 6.07 Å². The fraction of sp³-hybridized carbons (Fsp3) is 0.583. The second-order valence-corrected chi connectivity index (χ2v) is 5.34. The van der Waals surface area contributed by atoms with Crippen molar-refractivity contribution in [1.82, 2.24) is 4.90 Å². The Kier molecular flexibility index (Phi) is 3.61. The van der Waals surface area contributed by atoms with Crippen molar-refractivity contribution in [2.75, 3.05) is 13.1 Å². The zero-order valence-corrected chi connectivity index (χ0v) is 10.5. The topological polar surface area (TPSA) is 29.5 Å². The summed E-state index contributed by atoms with van der Waals surface area (Å²) in [6.45, 7) is 5.46. The normalized spacial score (nSPS) is 25.8. The van der Waals surface area contributed by atoms with E-state index in [0.717, 1.165) is 4.88 Å². The number of hydrogen-bond donors (Lipinski definition) is 0. The van der Waals surface area contributed by atoms with Crippen molar-refractivity contribution in [2.24, 2.45) is 0 Å². The third kappa shape index (κ3) is 2.83. The van der Waals surface area contributed by atoms with Crippen LogP contribution in [-0.4, -0.2) is 36.1 Å². The first kappa shape index (κ1) is 11.6. The van der Waals surface area contributed by atoms with E-state index in [2.05, 4.69) is 0 Å². The van der Waals surface area contributed by atoms with Crippen LogP contribution in [0.1, 0.15) is 18.7 Å². The average Bonchev–Trinajstić information content (AvgIpc) is 2.68. The number of nitrogens with zero attached hydrogens (tertiary/aromatic N) is 1. The molecule has 0 saturated carbocycles. The minimum atomic E-state index is 0.149. The number of morpholine rings is 1. The van der Waals surface area contributed by atoms with E-state index in [1.54, 1.807) is 11.3 Å². The molecule has 0 radical (unpaired) electrons. The third-order valence-corrected chi connectivity index (χ3v) is 3.55. The molecule has 1 fully saturated rings. The molecule has 2 rings (SSSR count). The van der Waals surface area contributed by atoms with Crippen LogP contribution in [0.25, 0.3) is 0 Å². The summed E-state index contributed by atoms with van der Waals surface area (Å²) in [6, 6.07) is 3.99. The van der Waals surface area contributed by atoms with Crippen molar-refractivity contribution in [1.29, 1.82) is 0 Å². The highest BCUT2D eigenvalue weighted by atomic mass is 32.1. The first-order chi connectivity index (χ1) is 7.65. The van der Waals surface area contributed by atoms with Gasteiger partial charge in [-0.05, 0) is 25.3 Å². The molecule has 1 aliphatic heterocycles. The van der Waals surface area contributed by atoms with Gasteiger partial charge in [0.2, 0.25) is 5.91 Å². The maximum atomic E-state index is 12.0. The Labute approximate surface area is 100 Å². The molecule has 0 bridgehead atoms. The zero-order chi connectivity index (χ0) is 11.5. The van der Waals surface area contributed by atoms with E-state index in [4.69, 9.17) is 4.74 Å². The van der Waals surface area contributed by atoms with Crippen molar-refractivity contribution in [3.63, 3.8) is 0 Å². The molecule has 16 heavy (non-hydrogen) atoms. The minimum Gasteiger partial charge on any atom is -0.372 e. The quantitative estimate of drug-likeness (QED) is 0.789. The molecule has 1 aliphatic rings. The Morgan fingerprint density at radius 3 is 2.75 bits per heavy atom. The molecule has 2 atom stereocenters. The van der Waals surface area contributed by atoms with Gasteiger partial charge >= 0.3 is 0 Å². The van der Waals surface area contributed by atoms with Gasteiger partial charge < -0.3 is 9.64 Å². The Morgan fingerprint density at radius 1 is 1.50 bits per heavy atom. The summed E-state index contributed by atoms with van der Waals surface area (Å²) in [5.41, 5.74) is 0. The predicted molar refractivity (Wildman–Crippen MR) is 64.6 cm³/mol. The zero-order valence-electron chi connectivity index (χ0n) is 9.68. The lowest BCUT2D eigenvalue weighted by atomic mass is 10.2. The van der Waals surface area contributed by atoms with Gasteiger partial charge in [0.25, 0.3) is 0 Å². The summed E-state index contributed by atoms with van der Waals surface area (Å²) in [5.74, 6) is 0.212. The van der Waals surface area contributed by atoms with Crippen LogP contribution in [0.15, 0.2) is 17.5 Å². The molecular formula is C12H17NO2S. The van der Waals surface area contributed by atoms with Gasteiger partial charge in [-0.2, -0.15) is 0 Å². The van der Waals surface area contributed by atoms with Crippen molar-refractivity contribution >= 4 is 17.2 Å². The summed E-state index contributed by atoms with van der Waals surface area (Å²) >= 11 is 1.64. The van der Waals surface area contributed by atoms with Crippen molar-refractivity contribution in [3.05, 3.63) is 22.4 Å². The first-order valence-corrected chi connectivity index (χ1v) is 6.48. The Bertz CT molecular complexity index is 340. The van der Waals surface area contributed by atoms with Crippen LogP contribution in [0.2, 0.25) is 0 Å². The molecule has 0 aliphatic carbocycles. The monoisotopic (exact) mass is 239 g/mol. The van der Waals surface area contributed by atoms with E-state index in [1.165, 1.54) is 0 Å². The van der Waals surface area contributed by atoms with Gasteiger partial charge in [-0.15, -0.1) is 11.3 Å². The molecule has 4 heteroatoms. The molecule has 1 amide bonds. The molecule has 2 heterocycles. The number of hydrogen-bond acceptors (Lipinski definition) is 3. The largest absolute Gasteiger partial charge is 0.372 e. The molecule has 3 nitrogen and oxygen atoms in total. The van der Waals surface area contributed by atoms with Crippen LogP contribution < -0.4 is 0 Å². The number of rotatable bonds is 2. The third-order valence-electron chi connectivity index (χ3n) is 2.68. The van der Waals surface area contributed by atoms with Gasteiger partial charge in [0.15, 0.2) is 0 Å². The van der Waals surface area contributed by atoms with E-state index in [1.807, 2.05) is 36.3 Å². The van der Waals surface area contributed by atoms with Crippen molar-refractivity contribution in [2.45, 2.75) is 32.5 Å². The summed E-state index contributed by atoms with van der Waals surface area (Å²) in [5, 5.41) is 2.01. The highest BCUT2D eigenvalue weighted by Gasteiger charge is 2.25. The van der Waals surface area contributed by atoms with Crippen LogP contribution in [0.4, 0.5) is 0 Å². The molecule has 88 valence electrons. The predicted octanol–water partition coefficient (Wildman–Crippen LogP) is 1.93. The van der Waals surface area contributed by atoms with Crippen molar-refractivity contribution in [3.8, 4) is 0 Å². The summed E-state index contributed by atoms with van der Waals surface area (Å²) < 4.78 is 5.61. The average molecular weight is 239 g/mol. The number of thiophene rings is 1. The maximum Gasteiger partial charge on any atom is 0.228 e. The molecule has 0 unspecified atom stereocenters. The van der Waals surface area contributed by atoms with Crippen LogP contribution in [0.5, 0.6) is 0 Å². The molecule has 1 aromatic heterocycles. The van der Waals surface area contributed by atoms with Crippen LogP contribution in [-0.2, 0) is 16.0 Å². The second kappa shape index (κ2) is 4.97. The van der Waals surface area contributed by atoms with Crippen LogP contribution in [0, 0.1) is 0 Å². The molecule has 0 N–H and O–H groups in total. The SMILES string of the molecule is C[C@@H]1CN(C(=O)Cc2cccs2)C[C@H](C)O1. The molecule has 1 saturated heterocycles. The molecule has 0 aromatic carbocycles. The highest BCUT2D eigenvalue weighted by Crippen LogP contribution is 2.15. The van der Waals surface area contributed by atoms with E-state index in [0.29, 0.717) is 19.5 Å². The fourth-order valence-corrected chi connectivity index (χ4v) is 2.75.